The normalized spacial score (nSPS) is 15.1. The van der Waals surface area contributed by atoms with Gasteiger partial charge in [-0.05, 0) is 24.1 Å². The van der Waals surface area contributed by atoms with E-state index in [-0.39, 0.29) is 18.0 Å². The molecule has 1 aromatic rings. The van der Waals surface area contributed by atoms with E-state index in [9.17, 15) is 19.0 Å². The SMILES string of the molecule is COC(=O)NC(Cc1ccc(OP(C)(=O)O)cc1)C(=O)C(C)(C)C. The first-order valence-electron chi connectivity index (χ1n) is 7.40. The second kappa shape index (κ2) is 7.81. The van der Waals surface area contributed by atoms with Crippen LogP contribution in [0, 0.1) is 5.41 Å². The fraction of sp³-hybridized carbons (Fsp3) is 0.500. The Kier molecular flexibility index (Phi) is 6.58. The number of methoxy groups -OCH3 is 1. The quantitative estimate of drug-likeness (QED) is 0.759. The average molecular weight is 357 g/mol. The molecule has 0 spiro atoms. The van der Waals surface area contributed by atoms with Crippen LogP contribution in [-0.4, -0.2) is 36.6 Å². The lowest BCUT2D eigenvalue weighted by Crippen LogP contribution is -2.46. The van der Waals surface area contributed by atoms with Gasteiger partial charge in [0, 0.05) is 12.1 Å². The monoisotopic (exact) mass is 357 g/mol. The van der Waals surface area contributed by atoms with E-state index < -0.39 is 25.1 Å². The molecule has 0 aliphatic carbocycles. The third-order valence-corrected chi connectivity index (χ3v) is 3.72. The highest BCUT2D eigenvalue weighted by Crippen LogP contribution is 2.38. The van der Waals surface area contributed by atoms with Crippen molar-refractivity contribution < 1.29 is 28.3 Å². The number of nitrogens with one attached hydrogen (secondary N) is 1. The molecule has 0 saturated heterocycles. The zero-order valence-corrected chi connectivity index (χ0v) is 15.4. The third kappa shape index (κ3) is 6.72. The Bertz CT molecular complexity index is 629. The number of ether oxygens (including phenoxy) is 1. The Hall–Kier alpha value is -1.85. The molecule has 2 unspecified atom stereocenters. The van der Waals surface area contributed by atoms with Crippen LogP contribution in [0.3, 0.4) is 0 Å². The average Bonchev–Trinajstić information content (AvgIpc) is 2.45. The van der Waals surface area contributed by atoms with Crippen molar-refractivity contribution in [3.05, 3.63) is 29.8 Å². The van der Waals surface area contributed by atoms with Crippen molar-refractivity contribution in [2.75, 3.05) is 13.8 Å². The maximum Gasteiger partial charge on any atom is 0.407 e. The molecule has 0 saturated carbocycles. The number of Topliss-reactive ketones (excluding diaryl/α,β-unsaturated/α-hetero) is 1. The van der Waals surface area contributed by atoms with Crippen LogP contribution in [0.1, 0.15) is 26.3 Å². The number of rotatable bonds is 6. The summed E-state index contributed by atoms with van der Waals surface area (Å²) in [6.45, 7) is 6.42. The van der Waals surface area contributed by atoms with E-state index >= 15 is 0 Å². The molecule has 2 atom stereocenters. The van der Waals surface area contributed by atoms with Gasteiger partial charge in [-0.25, -0.2) is 9.36 Å². The Labute approximate surface area is 141 Å². The van der Waals surface area contributed by atoms with Crippen molar-refractivity contribution in [3.63, 3.8) is 0 Å². The predicted molar refractivity (Wildman–Crippen MR) is 90.3 cm³/mol. The minimum Gasteiger partial charge on any atom is -0.453 e. The highest BCUT2D eigenvalue weighted by Gasteiger charge is 2.31. The van der Waals surface area contributed by atoms with Crippen molar-refractivity contribution in [1.82, 2.24) is 5.32 Å². The van der Waals surface area contributed by atoms with Crippen LogP contribution < -0.4 is 9.84 Å². The zero-order chi connectivity index (χ0) is 18.5. The van der Waals surface area contributed by atoms with Gasteiger partial charge in [0.25, 0.3) is 0 Å². The molecule has 24 heavy (non-hydrogen) atoms. The Balaban J connectivity index is 2.91. The molecule has 0 aromatic heterocycles. The van der Waals surface area contributed by atoms with Crippen molar-refractivity contribution in [3.8, 4) is 5.75 Å². The van der Waals surface area contributed by atoms with Crippen LogP contribution in [0.2, 0.25) is 0 Å². The van der Waals surface area contributed by atoms with Gasteiger partial charge in [-0.2, -0.15) is 0 Å². The highest BCUT2D eigenvalue weighted by atomic mass is 31.2. The first-order chi connectivity index (χ1) is 10.9. The van der Waals surface area contributed by atoms with Crippen LogP contribution in [0.25, 0.3) is 0 Å². The molecular formula is C16H24NO6P. The summed E-state index contributed by atoms with van der Waals surface area (Å²) in [4.78, 5) is 33.2. The van der Waals surface area contributed by atoms with Crippen molar-refractivity contribution >= 4 is 19.5 Å². The predicted octanol–water partition coefficient (Wildman–Crippen LogP) is 2.76. The maximum absolute atomic E-state index is 12.5. The van der Waals surface area contributed by atoms with E-state index in [0.717, 1.165) is 12.2 Å². The van der Waals surface area contributed by atoms with Crippen LogP contribution in [-0.2, 0) is 20.5 Å². The molecule has 0 aliphatic rings. The summed E-state index contributed by atoms with van der Waals surface area (Å²) in [5.74, 6) is 0.133. The molecule has 0 fully saturated rings. The molecule has 0 bridgehead atoms. The van der Waals surface area contributed by atoms with Gasteiger partial charge in [0.05, 0.1) is 13.2 Å². The summed E-state index contributed by atoms with van der Waals surface area (Å²) in [5, 5.41) is 2.55. The summed E-state index contributed by atoms with van der Waals surface area (Å²) in [6, 6.07) is 5.69. The van der Waals surface area contributed by atoms with E-state index in [0.29, 0.717) is 0 Å². The molecule has 7 nitrogen and oxygen atoms in total. The Morgan fingerprint density at radius 1 is 1.25 bits per heavy atom. The summed E-state index contributed by atoms with van der Waals surface area (Å²) >= 11 is 0. The molecule has 134 valence electrons. The van der Waals surface area contributed by atoms with Gasteiger partial charge in [0.2, 0.25) is 0 Å². The molecule has 8 heteroatoms. The number of carbonyl (C=O) groups is 2. The number of carbonyl (C=O) groups excluding carboxylic acids is 2. The lowest BCUT2D eigenvalue weighted by molar-refractivity contribution is -0.128. The number of alkyl carbamates (subject to hydrolysis) is 1. The molecule has 1 amide bonds. The summed E-state index contributed by atoms with van der Waals surface area (Å²) in [6.07, 6.45) is -0.404. The first-order valence-corrected chi connectivity index (χ1v) is 9.42. The number of amides is 1. The van der Waals surface area contributed by atoms with Gasteiger partial charge in [0.1, 0.15) is 5.75 Å². The summed E-state index contributed by atoms with van der Waals surface area (Å²) < 4.78 is 20.7. The Morgan fingerprint density at radius 2 is 1.79 bits per heavy atom. The maximum atomic E-state index is 12.5. The lowest BCUT2D eigenvalue weighted by atomic mass is 9.84. The number of hydrogen-bond acceptors (Lipinski definition) is 5. The minimum atomic E-state index is -3.62. The van der Waals surface area contributed by atoms with Crippen LogP contribution in [0.4, 0.5) is 4.79 Å². The van der Waals surface area contributed by atoms with Gasteiger partial charge in [0.15, 0.2) is 5.78 Å². The van der Waals surface area contributed by atoms with Gasteiger partial charge < -0.3 is 19.5 Å². The number of hydrogen-bond donors (Lipinski definition) is 2. The van der Waals surface area contributed by atoms with E-state index in [1.165, 1.54) is 7.11 Å². The molecule has 0 aliphatic heterocycles. The molecule has 0 radical (unpaired) electrons. The molecule has 2 N–H and O–H groups in total. The van der Waals surface area contributed by atoms with Crippen molar-refractivity contribution in [2.24, 2.45) is 5.41 Å². The van der Waals surface area contributed by atoms with Crippen LogP contribution >= 0.6 is 7.60 Å². The molecule has 1 aromatic carbocycles. The van der Waals surface area contributed by atoms with Gasteiger partial charge in [-0.1, -0.05) is 32.9 Å². The zero-order valence-electron chi connectivity index (χ0n) is 14.5. The number of ketones is 1. The second-order valence-electron chi connectivity index (χ2n) is 6.55. The van der Waals surface area contributed by atoms with Crippen molar-refractivity contribution in [1.29, 1.82) is 0 Å². The molecule has 1 rings (SSSR count). The van der Waals surface area contributed by atoms with Crippen LogP contribution in [0.15, 0.2) is 24.3 Å². The number of benzene rings is 1. The highest BCUT2D eigenvalue weighted by molar-refractivity contribution is 7.52. The largest absolute Gasteiger partial charge is 0.453 e. The van der Waals surface area contributed by atoms with E-state index in [2.05, 4.69) is 10.1 Å². The van der Waals surface area contributed by atoms with E-state index in [1.54, 1.807) is 45.0 Å². The smallest absolute Gasteiger partial charge is 0.407 e. The Morgan fingerprint density at radius 3 is 2.21 bits per heavy atom. The van der Waals surface area contributed by atoms with Gasteiger partial charge in [-0.3, -0.25) is 4.79 Å². The van der Waals surface area contributed by atoms with Crippen molar-refractivity contribution in [2.45, 2.75) is 33.2 Å². The topological polar surface area (TPSA) is 102 Å². The first kappa shape index (κ1) is 20.2. The lowest BCUT2D eigenvalue weighted by Gasteiger charge is -2.25. The second-order valence-corrected chi connectivity index (χ2v) is 8.33. The summed E-state index contributed by atoms with van der Waals surface area (Å²) in [7, 11) is -2.38. The standard InChI is InChI=1S/C16H24NO6P/c1-16(2,3)14(18)13(17-15(19)22-4)10-11-6-8-12(9-7-11)23-24(5,20)21/h6-9,13H,10H2,1-5H3,(H,17,19)(H,20,21). The fourth-order valence-electron chi connectivity index (χ4n) is 2.05. The fourth-order valence-corrected chi connectivity index (χ4v) is 2.56. The van der Waals surface area contributed by atoms with Crippen LogP contribution in [0.5, 0.6) is 5.75 Å². The van der Waals surface area contributed by atoms with Gasteiger partial charge >= 0.3 is 13.7 Å². The molecule has 0 heterocycles. The molecular weight excluding hydrogens is 333 g/mol. The summed E-state index contributed by atoms with van der Waals surface area (Å²) in [5.41, 5.74) is 0.144. The van der Waals surface area contributed by atoms with E-state index in [4.69, 9.17) is 4.52 Å². The minimum absolute atomic E-state index is 0.123. The van der Waals surface area contributed by atoms with E-state index in [1.807, 2.05) is 0 Å². The van der Waals surface area contributed by atoms with Gasteiger partial charge in [-0.15, -0.1) is 0 Å². The third-order valence-electron chi connectivity index (χ3n) is 3.17.